The summed E-state index contributed by atoms with van der Waals surface area (Å²) in [6, 6.07) is 6.05. The van der Waals surface area contributed by atoms with Crippen molar-refractivity contribution in [3.63, 3.8) is 0 Å². The summed E-state index contributed by atoms with van der Waals surface area (Å²) in [4.78, 5) is 4.58. The summed E-state index contributed by atoms with van der Waals surface area (Å²) in [5, 5.41) is 3.32. The molecule has 1 fully saturated rings. The number of halogens is 5. The lowest BCUT2D eigenvalue weighted by molar-refractivity contribution is -0.274. The van der Waals surface area contributed by atoms with Crippen molar-refractivity contribution in [1.82, 2.24) is 15.1 Å². The lowest BCUT2D eigenvalue weighted by Crippen LogP contribution is -2.45. The molecule has 0 bridgehead atoms. The number of benzene rings is 1. The second-order valence-electron chi connectivity index (χ2n) is 5.52. The first-order valence-electron chi connectivity index (χ1n) is 7.39. The Morgan fingerprint density at radius 3 is 2.25 bits per heavy atom. The van der Waals surface area contributed by atoms with Gasteiger partial charge >= 0.3 is 6.36 Å². The average molecular weight is 390 g/mol. The first-order valence-corrected chi connectivity index (χ1v) is 7.39. The molecule has 1 aromatic rings. The number of nitrogens with zero attached hydrogens (tertiary/aromatic N) is 2. The van der Waals surface area contributed by atoms with E-state index in [0.717, 1.165) is 44.8 Å². The molecule has 1 aromatic carbocycles. The third-order valence-corrected chi connectivity index (χ3v) is 3.62. The number of ether oxygens (including phenoxy) is 1. The van der Waals surface area contributed by atoms with E-state index < -0.39 is 6.36 Å². The Morgan fingerprint density at radius 2 is 1.71 bits per heavy atom. The third kappa shape index (κ3) is 8.94. The fraction of sp³-hybridized carbons (Fsp3) is 0.600. The van der Waals surface area contributed by atoms with Crippen molar-refractivity contribution < 1.29 is 17.9 Å². The number of alkyl halides is 3. The minimum absolute atomic E-state index is 0. The van der Waals surface area contributed by atoms with Crippen LogP contribution in [0.3, 0.4) is 0 Å². The third-order valence-electron chi connectivity index (χ3n) is 3.62. The number of likely N-dealkylation sites (N-methyl/N-ethyl adjacent to an activating group) is 1. The molecule has 4 nitrogen and oxygen atoms in total. The molecular weight excluding hydrogens is 366 g/mol. The fourth-order valence-electron chi connectivity index (χ4n) is 2.43. The number of rotatable bonds is 6. The molecule has 0 aromatic heterocycles. The maximum Gasteiger partial charge on any atom is 0.573 e. The number of hydrogen-bond acceptors (Lipinski definition) is 4. The zero-order chi connectivity index (χ0) is 16.0. The molecule has 0 radical (unpaired) electrons. The molecule has 1 saturated heterocycles. The van der Waals surface area contributed by atoms with Crippen molar-refractivity contribution in [2.24, 2.45) is 0 Å². The summed E-state index contributed by atoms with van der Waals surface area (Å²) < 4.78 is 40.1. The molecule has 0 saturated carbocycles. The standard InChI is InChI=1S/C15H22F3N3O.2ClH/c1-20(10-11-21-8-6-19-7-9-21)12-13-2-4-14(5-3-13)22-15(16,17)18;;/h2-5,19H,6-12H2,1H3;2*1H. The highest BCUT2D eigenvalue weighted by Gasteiger charge is 2.30. The van der Waals surface area contributed by atoms with Crippen LogP contribution in [0.1, 0.15) is 5.56 Å². The van der Waals surface area contributed by atoms with Crippen LogP contribution in [0, 0.1) is 0 Å². The van der Waals surface area contributed by atoms with Crippen molar-refractivity contribution in [2.45, 2.75) is 12.9 Å². The van der Waals surface area contributed by atoms with Crippen molar-refractivity contribution >= 4 is 24.8 Å². The minimum Gasteiger partial charge on any atom is -0.406 e. The van der Waals surface area contributed by atoms with Crippen LogP contribution in [0.25, 0.3) is 0 Å². The molecular formula is C15H24Cl2F3N3O. The maximum atomic E-state index is 12.1. The molecule has 0 spiro atoms. The van der Waals surface area contributed by atoms with Gasteiger partial charge in [-0.1, -0.05) is 12.1 Å². The van der Waals surface area contributed by atoms with E-state index in [1.165, 1.54) is 12.1 Å². The van der Waals surface area contributed by atoms with Crippen molar-refractivity contribution in [2.75, 3.05) is 46.3 Å². The van der Waals surface area contributed by atoms with E-state index in [-0.39, 0.29) is 30.6 Å². The highest BCUT2D eigenvalue weighted by Crippen LogP contribution is 2.22. The Bertz CT molecular complexity index is 454. The van der Waals surface area contributed by atoms with Crippen molar-refractivity contribution in [3.05, 3.63) is 29.8 Å². The Balaban J connectivity index is 0.00000264. The van der Waals surface area contributed by atoms with Crippen LogP contribution in [0.4, 0.5) is 13.2 Å². The summed E-state index contributed by atoms with van der Waals surface area (Å²) in [6.07, 6.45) is -4.64. The quantitative estimate of drug-likeness (QED) is 0.809. The van der Waals surface area contributed by atoms with Crippen LogP contribution < -0.4 is 10.1 Å². The van der Waals surface area contributed by atoms with Gasteiger partial charge in [-0.05, 0) is 24.7 Å². The van der Waals surface area contributed by atoms with Gasteiger partial charge in [0.05, 0.1) is 0 Å². The number of nitrogens with one attached hydrogen (secondary N) is 1. The highest BCUT2D eigenvalue weighted by molar-refractivity contribution is 5.85. The smallest absolute Gasteiger partial charge is 0.406 e. The van der Waals surface area contributed by atoms with Crippen molar-refractivity contribution in [3.8, 4) is 5.75 Å². The second-order valence-corrected chi connectivity index (χ2v) is 5.52. The summed E-state index contributed by atoms with van der Waals surface area (Å²) in [7, 11) is 2.02. The lowest BCUT2D eigenvalue weighted by Gasteiger charge is -2.29. The second kappa shape index (κ2) is 11.0. The fourth-order valence-corrected chi connectivity index (χ4v) is 2.43. The van der Waals surface area contributed by atoms with Gasteiger partial charge in [0.2, 0.25) is 0 Å². The van der Waals surface area contributed by atoms with Gasteiger partial charge in [-0.3, -0.25) is 4.90 Å². The SMILES string of the molecule is CN(CCN1CCNCC1)Cc1ccc(OC(F)(F)F)cc1.Cl.Cl. The summed E-state index contributed by atoms with van der Waals surface area (Å²) in [5.74, 6) is -0.181. The van der Waals surface area contributed by atoms with Gasteiger partial charge < -0.3 is 15.0 Å². The maximum absolute atomic E-state index is 12.1. The average Bonchev–Trinajstić information content (AvgIpc) is 2.47. The van der Waals surface area contributed by atoms with Crippen LogP contribution in [-0.4, -0.2) is 62.5 Å². The van der Waals surface area contributed by atoms with Crippen LogP contribution in [0.2, 0.25) is 0 Å². The molecule has 1 heterocycles. The molecule has 1 aliphatic rings. The summed E-state index contributed by atoms with van der Waals surface area (Å²) in [6.45, 7) is 6.84. The molecule has 1 aliphatic heterocycles. The van der Waals surface area contributed by atoms with Crippen LogP contribution in [-0.2, 0) is 6.54 Å². The van der Waals surface area contributed by atoms with E-state index in [1.54, 1.807) is 12.1 Å². The topological polar surface area (TPSA) is 27.7 Å². The molecule has 140 valence electrons. The van der Waals surface area contributed by atoms with Gasteiger partial charge in [0.1, 0.15) is 5.75 Å². The number of hydrogen-bond donors (Lipinski definition) is 1. The van der Waals surface area contributed by atoms with E-state index in [4.69, 9.17) is 0 Å². The molecule has 0 atom stereocenters. The Kier molecular flexibility index (Phi) is 10.7. The molecule has 9 heteroatoms. The number of piperazine rings is 1. The zero-order valence-electron chi connectivity index (χ0n) is 13.5. The van der Waals surface area contributed by atoms with Crippen molar-refractivity contribution in [1.29, 1.82) is 0 Å². The Morgan fingerprint density at radius 1 is 1.12 bits per heavy atom. The summed E-state index contributed by atoms with van der Waals surface area (Å²) in [5.41, 5.74) is 0.970. The monoisotopic (exact) mass is 389 g/mol. The Labute approximate surface area is 153 Å². The van der Waals surface area contributed by atoms with E-state index in [2.05, 4.69) is 19.9 Å². The van der Waals surface area contributed by atoms with Gasteiger partial charge in [0.15, 0.2) is 0 Å². The highest BCUT2D eigenvalue weighted by atomic mass is 35.5. The van der Waals surface area contributed by atoms with Crippen LogP contribution in [0.5, 0.6) is 5.75 Å². The molecule has 2 rings (SSSR count). The normalized spacial score (nSPS) is 15.5. The molecule has 0 unspecified atom stereocenters. The van der Waals surface area contributed by atoms with Gasteiger partial charge in [-0.15, -0.1) is 38.0 Å². The Hall–Kier alpha value is -0.730. The molecule has 24 heavy (non-hydrogen) atoms. The molecule has 1 N–H and O–H groups in total. The van der Waals surface area contributed by atoms with E-state index in [1.807, 2.05) is 7.05 Å². The first-order chi connectivity index (χ1) is 10.4. The van der Waals surface area contributed by atoms with Gasteiger partial charge in [0.25, 0.3) is 0 Å². The predicted octanol–water partition coefficient (Wildman–Crippen LogP) is 2.77. The van der Waals surface area contributed by atoms with E-state index in [9.17, 15) is 13.2 Å². The van der Waals surface area contributed by atoms with E-state index >= 15 is 0 Å². The van der Waals surface area contributed by atoms with Crippen LogP contribution in [0.15, 0.2) is 24.3 Å². The molecule has 0 aliphatic carbocycles. The minimum atomic E-state index is -4.64. The largest absolute Gasteiger partial charge is 0.573 e. The van der Waals surface area contributed by atoms with Crippen LogP contribution >= 0.6 is 24.8 Å². The lowest BCUT2D eigenvalue weighted by atomic mass is 10.2. The predicted molar refractivity (Wildman–Crippen MR) is 93.3 cm³/mol. The van der Waals surface area contributed by atoms with Gasteiger partial charge in [-0.25, -0.2) is 0 Å². The zero-order valence-corrected chi connectivity index (χ0v) is 15.1. The van der Waals surface area contributed by atoms with Gasteiger partial charge in [0, 0.05) is 45.8 Å². The molecule has 0 amide bonds. The first kappa shape index (κ1) is 23.3. The van der Waals surface area contributed by atoms with E-state index in [0.29, 0.717) is 6.54 Å². The summed E-state index contributed by atoms with van der Waals surface area (Å²) >= 11 is 0. The van der Waals surface area contributed by atoms with Gasteiger partial charge in [-0.2, -0.15) is 0 Å².